The smallest absolute Gasteiger partial charge is 0.0754 e. The zero-order chi connectivity index (χ0) is 8.55. The summed E-state index contributed by atoms with van der Waals surface area (Å²) in [4.78, 5) is 0. The third kappa shape index (κ3) is 1.38. The minimum Gasteiger partial charge on any atom is -0.393 e. The first-order chi connectivity index (χ1) is 5.83. The zero-order valence-electron chi connectivity index (χ0n) is 7.40. The predicted octanol–water partition coefficient (Wildman–Crippen LogP) is 1.83. The van der Waals surface area contributed by atoms with E-state index >= 15 is 0 Å². The Morgan fingerprint density at radius 3 is 2.67 bits per heavy atom. The molecule has 2 aliphatic carbocycles. The van der Waals surface area contributed by atoms with Crippen molar-refractivity contribution >= 4 is 12.0 Å². The number of fused-ring (bicyclic) bond motifs is 1. The maximum Gasteiger partial charge on any atom is 0.0754 e. The number of hydrogen-bond donors (Lipinski definition) is 1. The number of aliphatic hydroxyl groups excluding tert-OH is 1. The summed E-state index contributed by atoms with van der Waals surface area (Å²) in [7, 11) is 0. The van der Waals surface area contributed by atoms with Gasteiger partial charge in [-0.1, -0.05) is 0 Å². The molecule has 4 atom stereocenters. The van der Waals surface area contributed by atoms with Gasteiger partial charge < -0.3 is 9.29 Å². The summed E-state index contributed by atoms with van der Waals surface area (Å²) in [5.41, 5.74) is 0. The molecule has 4 unspecified atom stereocenters. The molecule has 0 amide bonds. The SMILES string of the molecule is CSOC1CCC2C(O)CCC12. The Balaban J connectivity index is 1.96. The lowest BCUT2D eigenvalue weighted by Gasteiger charge is -2.17. The maximum atomic E-state index is 9.62. The van der Waals surface area contributed by atoms with Gasteiger partial charge in [-0.05, 0) is 49.6 Å². The van der Waals surface area contributed by atoms with E-state index in [9.17, 15) is 5.11 Å². The van der Waals surface area contributed by atoms with Crippen LogP contribution in [-0.4, -0.2) is 23.6 Å². The largest absolute Gasteiger partial charge is 0.393 e. The Labute approximate surface area is 77.9 Å². The first kappa shape index (κ1) is 8.85. The second kappa shape index (κ2) is 3.56. The van der Waals surface area contributed by atoms with Gasteiger partial charge in [0.15, 0.2) is 0 Å². The first-order valence-electron chi connectivity index (χ1n) is 4.70. The Morgan fingerprint density at radius 2 is 1.92 bits per heavy atom. The molecule has 0 aliphatic heterocycles. The van der Waals surface area contributed by atoms with Crippen LogP contribution in [-0.2, 0) is 4.18 Å². The minimum absolute atomic E-state index is 0.0366. The van der Waals surface area contributed by atoms with Gasteiger partial charge in [-0.2, -0.15) is 0 Å². The molecule has 2 saturated carbocycles. The van der Waals surface area contributed by atoms with Crippen molar-refractivity contribution in [2.75, 3.05) is 6.26 Å². The van der Waals surface area contributed by atoms with Gasteiger partial charge in [-0.3, -0.25) is 0 Å². The summed E-state index contributed by atoms with van der Waals surface area (Å²) in [6.45, 7) is 0. The highest BCUT2D eigenvalue weighted by molar-refractivity contribution is 7.93. The molecule has 0 heterocycles. The number of rotatable bonds is 2. The van der Waals surface area contributed by atoms with Crippen LogP contribution in [0.2, 0.25) is 0 Å². The fourth-order valence-electron chi connectivity index (χ4n) is 2.76. The zero-order valence-corrected chi connectivity index (χ0v) is 8.22. The Bertz CT molecular complexity index is 163. The van der Waals surface area contributed by atoms with Crippen LogP contribution >= 0.6 is 12.0 Å². The molecule has 0 radical (unpaired) electrons. The molecule has 0 aromatic heterocycles. The van der Waals surface area contributed by atoms with Crippen LogP contribution in [0.15, 0.2) is 0 Å². The van der Waals surface area contributed by atoms with E-state index in [2.05, 4.69) is 0 Å². The molecule has 2 rings (SSSR count). The summed E-state index contributed by atoms with van der Waals surface area (Å²) < 4.78 is 5.57. The molecule has 0 aromatic carbocycles. The van der Waals surface area contributed by atoms with Crippen molar-refractivity contribution in [2.45, 2.75) is 37.9 Å². The van der Waals surface area contributed by atoms with Crippen molar-refractivity contribution in [3.05, 3.63) is 0 Å². The highest BCUT2D eigenvalue weighted by Crippen LogP contribution is 2.46. The van der Waals surface area contributed by atoms with Crippen LogP contribution in [0.4, 0.5) is 0 Å². The van der Waals surface area contributed by atoms with Crippen molar-refractivity contribution in [1.82, 2.24) is 0 Å². The molecule has 0 bridgehead atoms. The van der Waals surface area contributed by atoms with Gasteiger partial charge in [0.1, 0.15) is 0 Å². The average molecular weight is 188 g/mol. The van der Waals surface area contributed by atoms with E-state index in [4.69, 9.17) is 4.18 Å². The van der Waals surface area contributed by atoms with Gasteiger partial charge in [0.05, 0.1) is 12.2 Å². The molecule has 0 spiro atoms. The number of hydrogen-bond acceptors (Lipinski definition) is 3. The summed E-state index contributed by atoms with van der Waals surface area (Å²) in [5, 5.41) is 9.62. The molecular weight excluding hydrogens is 172 g/mol. The molecule has 2 aliphatic rings. The van der Waals surface area contributed by atoms with E-state index in [0.29, 0.717) is 17.9 Å². The van der Waals surface area contributed by atoms with E-state index in [1.807, 2.05) is 6.26 Å². The summed E-state index contributed by atoms with van der Waals surface area (Å²) in [5.74, 6) is 1.19. The van der Waals surface area contributed by atoms with Gasteiger partial charge in [0.25, 0.3) is 0 Å². The lowest BCUT2D eigenvalue weighted by Crippen LogP contribution is -2.19. The maximum absolute atomic E-state index is 9.62. The van der Waals surface area contributed by atoms with E-state index in [-0.39, 0.29) is 6.10 Å². The van der Waals surface area contributed by atoms with Crippen molar-refractivity contribution in [2.24, 2.45) is 11.8 Å². The minimum atomic E-state index is -0.0366. The van der Waals surface area contributed by atoms with Crippen LogP contribution in [0.5, 0.6) is 0 Å². The normalized spacial score (nSPS) is 46.5. The number of aliphatic hydroxyl groups is 1. The van der Waals surface area contributed by atoms with E-state index in [1.54, 1.807) is 0 Å². The fourth-order valence-corrected chi connectivity index (χ4v) is 3.24. The second-order valence-corrected chi connectivity index (χ2v) is 4.38. The molecule has 0 saturated heterocycles. The monoisotopic (exact) mass is 188 g/mol. The molecule has 12 heavy (non-hydrogen) atoms. The van der Waals surface area contributed by atoms with Crippen molar-refractivity contribution in [1.29, 1.82) is 0 Å². The molecule has 70 valence electrons. The van der Waals surface area contributed by atoms with Gasteiger partial charge in [0, 0.05) is 6.26 Å². The van der Waals surface area contributed by atoms with Crippen LogP contribution in [0, 0.1) is 11.8 Å². The fraction of sp³-hybridized carbons (Fsp3) is 1.00. The quantitative estimate of drug-likeness (QED) is 0.670. The van der Waals surface area contributed by atoms with Crippen molar-refractivity contribution in [3.63, 3.8) is 0 Å². The third-order valence-electron chi connectivity index (χ3n) is 3.32. The highest BCUT2D eigenvalue weighted by atomic mass is 32.2. The molecule has 1 N–H and O–H groups in total. The van der Waals surface area contributed by atoms with Crippen LogP contribution in [0.1, 0.15) is 25.7 Å². The van der Waals surface area contributed by atoms with Gasteiger partial charge >= 0.3 is 0 Å². The molecule has 2 fully saturated rings. The van der Waals surface area contributed by atoms with E-state index in [1.165, 1.54) is 12.0 Å². The van der Waals surface area contributed by atoms with Crippen LogP contribution in [0.25, 0.3) is 0 Å². The second-order valence-electron chi connectivity index (χ2n) is 3.85. The first-order valence-corrected chi connectivity index (χ1v) is 5.85. The Hall–Kier alpha value is 0.270. The van der Waals surface area contributed by atoms with E-state index < -0.39 is 0 Å². The van der Waals surface area contributed by atoms with E-state index in [0.717, 1.165) is 25.7 Å². The summed E-state index contributed by atoms with van der Waals surface area (Å²) >= 11 is 1.47. The van der Waals surface area contributed by atoms with Crippen LogP contribution in [0.3, 0.4) is 0 Å². The summed E-state index contributed by atoms with van der Waals surface area (Å²) in [6.07, 6.45) is 6.82. The lowest BCUT2D eigenvalue weighted by atomic mass is 9.98. The standard InChI is InChI=1S/C9H16O2S/c1-12-11-9-5-3-6-7(9)2-4-8(6)10/h6-10H,2-5H2,1H3. The molecule has 3 heteroatoms. The third-order valence-corrected chi connectivity index (χ3v) is 3.76. The van der Waals surface area contributed by atoms with Crippen molar-refractivity contribution < 1.29 is 9.29 Å². The summed E-state index contributed by atoms with van der Waals surface area (Å²) in [6, 6.07) is 0. The van der Waals surface area contributed by atoms with Crippen molar-refractivity contribution in [3.8, 4) is 0 Å². The average Bonchev–Trinajstić information content (AvgIpc) is 2.58. The Kier molecular flexibility index (Phi) is 2.63. The topological polar surface area (TPSA) is 29.5 Å². The van der Waals surface area contributed by atoms with Gasteiger partial charge in [0.2, 0.25) is 0 Å². The predicted molar refractivity (Wildman–Crippen MR) is 49.8 cm³/mol. The van der Waals surface area contributed by atoms with Gasteiger partial charge in [-0.15, -0.1) is 0 Å². The Morgan fingerprint density at radius 1 is 1.17 bits per heavy atom. The molecule has 0 aromatic rings. The van der Waals surface area contributed by atoms with Gasteiger partial charge in [-0.25, -0.2) is 0 Å². The molecular formula is C9H16O2S. The lowest BCUT2D eigenvalue weighted by molar-refractivity contribution is 0.115. The molecule has 2 nitrogen and oxygen atoms in total. The van der Waals surface area contributed by atoms with Crippen LogP contribution < -0.4 is 0 Å². The highest BCUT2D eigenvalue weighted by Gasteiger charge is 2.44.